The van der Waals surface area contributed by atoms with Crippen molar-refractivity contribution in [1.29, 1.82) is 0 Å². The lowest BCUT2D eigenvalue weighted by molar-refractivity contribution is -0.151. The summed E-state index contributed by atoms with van der Waals surface area (Å²) < 4.78 is 5.89. The molecule has 0 aromatic carbocycles. The summed E-state index contributed by atoms with van der Waals surface area (Å²) >= 11 is 0. The molecule has 0 aliphatic heterocycles. The van der Waals surface area contributed by atoms with E-state index in [1.165, 1.54) is 70.6 Å². The van der Waals surface area contributed by atoms with Gasteiger partial charge in [-0.25, -0.2) is 0 Å². The van der Waals surface area contributed by atoms with E-state index in [-0.39, 0.29) is 24.9 Å². The Morgan fingerprint density at radius 3 is 1.43 bits per heavy atom. The van der Waals surface area contributed by atoms with Crippen LogP contribution in [-0.2, 0) is 14.3 Å². The number of unbranched alkanes of at least 4 members (excludes halogenated alkanes) is 18. The lowest BCUT2D eigenvalue weighted by Gasteiger charge is -2.24. The van der Waals surface area contributed by atoms with Crippen molar-refractivity contribution < 1.29 is 24.5 Å². The van der Waals surface area contributed by atoms with E-state index < -0.39 is 18.2 Å². The molecular weight excluding hydrogens is 719 g/mol. The SMILES string of the molecule is CC/C=C/C/C=C/C/C=C/CCCCCCCCC(=O)OC(CCCC/C=C/C/C=C/C/C=C/CC)CC(=O)NC(CO)C(O)CCCCCCCCCCCCC. The second-order valence-corrected chi connectivity index (χ2v) is 16.1. The van der Waals surface area contributed by atoms with Crippen molar-refractivity contribution in [3.8, 4) is 0 Å². The molecule has 0 saturated carbocycles. The van der Waals surface area contributed by atoms with Crippen LogP contribution in [0.4, 0.5) is 0 Å². The van der Waals surface area contributed by atoms with E-state index in [0.717, 1.165) is 103 Å². The molecule has 3 N–H and O–H groups in total. The van der Waals surface area contributed by atoms with Crippen LogP contribution in [-0.4, -0.2) is 46.9 Å². The van der Waals surface area contributed by atoms with Crippen LogP contribution < -0.4 is 5.32 Å². The number of hydrogen-bond donors (Lipinski definition) is 3. The number of carbonyl (C=O) groups excluding carboxylic acids is 2. The van der Waals surface area contributed by atoms with Crippen LogP contribution in [0.1, 0.15) is 220 Å². The van der Waals surface area contributed by atoms with E-state index >= 15 is 0 Å². The average Bonchev–Trinajstić information content (AvgIpc) is 3.22. The molecule has 0 heterocycles. The van der Waals surface area contributed by atoms with Gasteiger partial charge in [-0.1, -0.05) is 190 Å². The molecule has 0 radical (unpaired) electrons. The van der Waals surface area contributed by atoms with Gasteiger partial charge in [0.05, 0.1) is 25.2 Å². The maximum absolute atomic E-state index is 13.1. The monoisotopic (exact) mass is 810 g/mol. The quantitative estimate of drug-likeness (QED) is 0.0324. The maximum Gasteiger partial charge on any atom is 0.306 e. The summed E-state index contributed by atoms with van der Waals surface area (Å²) in [4.78, 5) is 26.0. The minimum Gasteiger partial charge on any atom is -0.462 e. The van der Waals surface area contributed by atoms with Gasteiger partial charge in [-0.05, 0) is 89.9 Å². The molecule has 0 aromatic rings. The predicted molar refractivity (Wildman–Crippen MR) is 250 cm³/mol. The van der Waals surface area contributed by atoms with Gasteiger partial charge in [0.15, 0.2) is 0 Å². The standard InChI is InChI=1S/C52H91NO5/c1-4-7-10-13-16-19-22-24-25-26-27-30-33-36-39-42-45-52(57)58-48(43-40-37-34-31-29-23-20-17-14-11-8-5-2)46-51(56)53-49(47-54)50(55)44-41-38-35-32-28-21-18-15-12-9-6-3/h7-8,10-11,16-17,19-20,24-25,29,31,48-50,54-55H,4-6,9,12-15,18,21-23,26-28,30,32-47H2,1-3H3,(H,53,56)/b10-7+,11-8+,19-16+,20-17+,25-24+,31-29+. The van der Waals surface area contributed by atoms with Gasteiger partial charge in [0.2, 0.25) is 5.91 Å². The third-order valence-electron chi connectivity index (χ3n) is 10.5. The number of rotatable bonds is 42. The Kier molecular flexibility index (Phi) is 43.3. The third kappa shape index (κ3) is 40.1. The van der Waals surface area contributed by atoms with Crippen LogP contribution >= 0.6 is 0 Å². The third-order valence-corrected chi connectivity index (χ3v) is 10.5. The molecular formula is C52H91NO5. The highest BCUT2D eigenvalue weighted by Gasteiger charge is 2.24. The molecule has 1 amide bonds. The summed E-state index contributed by atoms with van der Waals surface area (Å²) in [5, 5.41) is 23.7. The Bertz CT molecular complexity index is 1090. The smallest absolute Gasteiger partial charge is 0.306 e. The van der Waals surface area contributed by atoms with Gasteiger partial charge in [-0.2, -0.15) is 0 Å². The molecule has 0 rings (SSSR count). The fraction of sp³-hybridized carbons (Fsp3) is 0.731. The lowest BCUT2D eigenvalue weighted by Crippen LogP contribution is -2.46. The van der Waals surface area contributed by atoms with E-state index in [4.69, 9.17) is 4.74 Å². The number of nitrogens with one attached hydrogen (secondary N) is 1. The van der Waals surface area contributed by atoms with Crippen molar-refractivity contribution in [3.05, 3.63) is 72.9 Å². The van der Waals surface area contributed by atoms with Gasteiger partial charge in [-0.3, -0.25) is 9.59 Å². The van der Waals surface area contributed by atoms with Crippen molar-refractivity contribution in [2.75, 3.05) is 6.61 Å². The lowest BCUT2D eigenvalue weighted by atomic mass is 10.0. The molecule has 0 spiro atoms. The van der Waals surface area contributed by atoms with Crippen molar-refractivity contribution >= 4 is 11.9 Å². The number of carbonyl (C=O) groups is 2. The van der Waals surface area contributed by atoms with Gasteiger partial charge in [0.25, 0.3) is 0 Å². The van der Waals surface area contributed by atoms with E-state index in [1.807, 2.05) is 0 Å². The average molecular weight is 810 g/mol. The topological polar surface area (TPSA) is 95.9 Å². The van der Waals surface area contributed by atoms with E-state index in [0.29, 0.717) is 19.3 Å². The van der Waals surface area contributed by atoms with Crippen molar-refractivity contribution in [2.45, 2.75) is 238 Å². The zero-order chi connectivity index (χ0) is 42.4. The first-order valence-electron chi connectivity index (χ1n) is 24.2. The van der Waals surface area contributed by atoms with Crippen molar-refractivity contribution in [1.82, 2.24) is 5.32 Å². The van der Waals surface area contributed by atoms with Crippen LogP contribution in [0.15, 0.2) is 72.9 Å². The van der Waals surface area contributed by atoms with Crippen LogP contribution in [0.25, 0.3) is 0 Å². The molecule has 0 aliphatic carbocycles. The number of amides is 1. The summed E-state index contributed by atoms with van der Waals surface area (Å²) in [5.74, 6) is -0.532. The zero-order valence-corrected chi connectivity index (χ0v) is 37.9. The minimum atomic E-state index is -0.801. The number of esters is 1. The normalized spacial score (nSPS) is 13.9. The first-order chi connectivity index (χ1) is 28.5. The molecule has 0 fully saturated rings. The molecule has 0 bridgehead atoms. The number of aliphatic hydroxyl groups is 2. The summed E-state index contributed by atoms with van der Waals surface area (Å²) in [6, 6.07) is -0.718. The molecule has 0 aliphatic rings. The van der Waals surface area contributed by atoms with Gasteiger partial charge in [-0.15, -0.1) is 0 Å². The molecule has 6 nitrogen and oxygen atoms in total. The van der Waals surface area contributed by atoms with E-state index in [1.54, 1.807) is 0 Å². The first-order valence-corrected chi connectivity index (χ1v) is 24.2. The summed E-state index contributed by atoms with van der Waals surface area (Å²) in [7, 11) is 0. The van der Waals surface area contributed by atoms with E-state index in [9.17, 15) is 19.8 Å². The Morgan fingerprint density at radius 2 is 0.931 bits per heavy atom. The molecule has 334 valence electrons. The van der Waals surface area contributed by atoms with E-state index in [2.05, 4.69) is 99.0 Å². The predicted octanol–water partition coefficient (Wildman–Crippen LogP) is 14.2. The Balaban J connectivity index is 4.65. The molecule has 58 heavy (non-hydrogen) atoms. The Labute approximate surface area is 358 Å². The Morgan fingerprint density at radius 1 is 0.517 bits per heavy atom. The first kappa shape index (κ1) is 55.3. The highest BCUT2D eigenvalue weighted by molar-refractivity contribution is 5.77. The van der Waals surface area contributed by atoms with Gasteiger partial charge < -0.3 is 20.3 Å². The van der Waals surface area contributed by atoms with Gasteiger partial charge >= 0.3 is 5.97 Å². The van der Waals surface area contributed by atoms with Crippen LogP contribution in [0.2, 0.25) is 0 Å². The van der Waals surface area contributed by atoms with Crippen molar-refractivity contribution in [3.63, 3.8) is 0 Å². The fourth-order valence-corrected chi connectivity index (χ4v) is 6.93. The molecule has 3 unspecified atom stereocenters. The van der Waals surface area contributed by atoms with Crippen LogP contribution in [0.3, 0.4) is 0 Å². The molecule has 6 heteroatoms. The maximum atomic E-state index is 13.1. The number of ether oxygens (including phenoxy) is 1. The molecule has 3 atom stereocenters. The largest absolute Gasteiger partial charge is 0.462 e. The van der Waals surface area contributed by atoms with Gasteiger partial charge in [0.1, 0.15) is 6.10 Å². The number of aliphatic hydroxyl groups excluding tert-OH is 2. The summed E-state index contributed by atoms with van der Waals surface area (Å²) in [5.41, 5.74) is 0. The highest BCUT2D eigenvalue weighted by Crippen LogP contribution is 2.17. The molecule has 0 saturated heterocycles. The fourth-order valence-electron chi connectivity index (χ4n) is 6.93. The molecule has 0 aromatic heterocycles. The highest BCUT2D eigenvalue weighted by atomic mass is 16.5. The second-order valence-electron chi connectivity index (χ2n) is 16.1. The number of allylic oxidation sites excluding steroid dienone is 12. The summed E-state index contributed by atoms with van der Waals surface area (Å²) in [6.07, 6.45) is 56.8. The number of hydrogen-bond acceptors (Lipinski definition) is 5. The second kappa shape index (κ2) is 45.4. The Hall–Kier alpha value is -2.70. The summed E-state index contributed by atoms with van der Waals surface area (Å²) in [6.45, 7) is 6.22. The van der Waals surface area contributed by atoms with Crippen LogP contribution in [0, 0.1) is 0 Å². The minimum absolute atomic E-state index is 0.0432. The van der Waals surface area contributed by atoms with Gasteiger partial charge in [0, 0.05) is 6.42 Å². The van der Waals surface area contributed by atoms with Crippen LogP contribution in [0.5, 0.6) is 0 Å². The van der Waals surface area contributed by atoms with Crippen molar-refractivity contribution in [2.24, 2.45) is 0 Å². The zero-order valence-electron chi connectivity index (χ0n) is 37.9.